The molecule has 2 rings (SSSR count). The van der Waals surface area contributed by atoms with E-state index in [0.717, 1.165) is 11.1 Å². The van der Waals surface area contributed by atoms with Crippen LogP contribution >= 0.6 is 0 Å². The molecule has 0 fully saturated rings. The van der Waals surface area contributed by atoms with Gasteiger partial charge >= 0.3 is 0 Å². The average Bonchev–Trinajstić information content (AvgIpc) is 2.68. The molecule has 0 amide bonds. The van der Waals surface area contributed by atoms with Crippen molar-refractivity contribution in [3.05, 3.63) is 35.7 Å². The normalized spacial score (nSPS) is 10.5. The number of nitrogens with zero attached hydrogens (tertiary/aromatic N) is 2. The van der Waals surface area contributed by atoms with E-state index in [2.05, 4.69) is 10.1 Å². The van der Waals surface area contributed by atoms with Gasteiger partial charge in [-0.15, -0.1) is 0 Å². The van der Waals surface area contributed by atoms with Crippen LogP contribution in [0.2, 0.25) is 0 Å². The Morgan fingerprint density at radius 2 is 2.13 bits per heavy atom. The SMILES string of the molecule is Cc1ccccc1-c1noc(CCN)n1. The van der Waals surface area contributed by atoms with Gasteiger partial charge in [-0.3, -0.25) is 0 Å². The molecule has 1 heterocycles. The molecule has 1 aromatic carbocycles. The first-order chi connectivity index (χ1) is 7.31. The molecule has 0 atom stereocenters. The van der Waals surface area contributed by atoms with E-state index in [0.29, 0.717) is 24.7 Å². The molecule has 0 aliphatic rings. The van der Waals surface area contributed by atoms with E-state index in [-0.39, 0.29) is 0 Å². The molecule has 4 nitrogen and oxygen atoms in total. The average molecular weight is 203 g/mol. The third kappa shape index (κ3) is 2.05. The van der Waals surface area contributed by atoms with E-state index in [1.165, 1.54) is 0 Å². The van der Waals surface area contributed by atoms with Gasteiger partial charge in [0.25, 0.3) is 0 Å². The summed E-state index contributed by atoms with van der Waals surface area (Å²) in [5.41, 5.74) is 7.55. The summed E-state index contributed by atoms with van der Waals surface area (Å²) in [6.07, 6.45) is 0.624. The minimum absolute atomic E-state index is 0.523. The van der Waals surface area contributed by atoms with Crippen molar-refractivity contribution in [3.63, 3.8) is 0 Å². The second-order valence-corrected chi connectivity index (χ2v) is 3.37. The van der Waals surface area contributed by atoms with Gasteiger partial charge in [0.15, 0.2) is 0 Å². The standard InChI is InChI=1S/C11H13N3O/c1-8-4-2-3-5-9(8)11-13-10(6-7-12)15-14-11/h2-5H,6-7,12H2,1H3. The summed E-state index contributed by atoms with van der Waals surface area (Å²) in [5.74, 6) is 1.23. The van der Waals surface area contributed by atoms with E-state index >= 15 is 0 Å². The molecule has 1 aromatic heterocycles. The maximum atomic E-state index is 5.41. The zero-order valence-electron chi connectivity index (χ0n) is 8.60. The number of benzene rings is 1. The summed E-state index contributed by atoms with van der Waals surface area (Å²) >= 11 is 0. The van der Waals surface area contributed by atoms with Crippen LogP contribution in [-0.4, -0.2) is 16.7 Å². The number of aromatic nitrogens is 2. The molecular weight excluding hydrogens is 190 g/mol. The van der Waals surface area contributed by atoms with Crippen molar-refractivity contribution in [2.24, 2.45) is 5.73 Å². The molecule has 0 aliphatic carbocycles. The maximum Gasteiger partial charge on any atom is 0.228 e. The number of nitrogens with two attached hydrogens (primary N) is 1. The van der Waals surface area contributed by atoms with Crippen LogP contribution in [0.15, 0.2) is 28.8 Å². The first kappa shape index (κ1) is 9.86. The van der Waals surface area contributed by atoms with Gasteiger partial charge in [-0.2, -0.15) is 4.98 Å². The zero-order chi connectivity index (χ0) is 10.7. The first-order valence-electron chi connectivity index (χ1n) is 4.90. The highest BCUT2D eigenvalue weighted by Crippen LogP contribution is 2.19. The molecule has 0 saturated carbocycles. The second-order valence-electron chi connectivity index (χ2n) is 3.37. The minimum atomic E-state index is 0.523. The molecular formula is C11H13N3O. The van der Waals surface area contributed by atoms with Gasteiger partial charge < -0.3 is 10.3 Å². The third-order valence-electron chi connectivity index (χ3n) is 2.21. The predicted octanol–water partition coefficient (Wildman–Crippen LogP) is 1.55. The molecule has 0 radical (unpaired) electrons. The van der Waals surface area contributed by atoms with Gasteiger partial charge in [0.1, 0.15) is 0 Å². The second kappa shape index (κ2) is 4.23. The highest BCUT2D eigenvalue weighted by atomic mass is 16.5. The van der Waals surface area contributed by atoms with E-state index in [9.17, 15) is 0 Å². The monoisotopic (exact) mass is 203 g/mol. The number of hydrogen-bond donors (Lipinski definition) is 1. The van der Waals surface area contributed by atoms with E-state index in [1.54, 1.807) is 0 Å². The molecule has 15 heavy (non-hydrogen) atoms. The Morgan fingerprint density at radius 1 is 1.33 bits per heavy atom. The van der Waals surface area contributed by atoms with Crippen molar-refractivity contribution < 1.29 is 4.52 Å². The fraction of sp³-hybridized carbons (Fsp3) is 0.273. The molecule has 0 bridgehead atoms. The third-order valence-corrected chi connectivity index (χ3v) is 2.21. The van der Waals surface area contributed by atoms with Crippen LogP contribution < -0.4 is 5.73 Å². The van der Waals surface area contributed by atoms with Crippen LogP contribution in [0, 0.1) is 6.92 Å². The lowest BCUT2D eigenvalue weighted by Crippen LogP contribution is -2.02. The lowest BCUT2D eigenvalue weighted by atomic mass is 10.1. The topological polar surface area (TPSA) is 64.9 Å². The number of aryl methyl sites for hydroxylation is 1. The Labute approximate surface area is 88.1 Å². The number of hydrogen-bond acceptors (Lipinski definition) is 4. The van der Waals surface area contributed by atoms with Crippen molar-refractivity contribution in [1.82, 2.24) is 10.1 Å². The first-order valence-corrected chi connectivity index (χ1v) is 4.90. The van der Waals surface area contributed by atoms with Gasteiger partial charge in [-0.1, -0.05) is 29.4 Å². The van der Waals surface area contributed by atoms with Crippen LogP contribution in [0.1, 0.15) is 11.5 Å². The Bertz CT molecular complexity index is 451. The predicted molar refractivity (Wildman–Crippen MR) is 57.2 cm³/mol. The molecule has 2 N–H and O–H groups in total. The fourth-order valence-corrected chi connectivity index (χ4v) is 1.41. The lowest BCUT2D eigenvalue weighted by molar-refractivity contribution is 0.380. The highest BCUT2D eigenvalue weighted by molar-refractivity contribution is 5.58. The molecule has 78 valence electrons. The molecule has 4 heteroatoms. The Morgan fingerprint density at radius 3 is 2.87 bits per heavy atom. The minimum Gasteiger partial charge on any atom is -0.339 e. The van der Waals surface area contributed by atoms with E-state index in [4.69, 9.17) is 10.3 Å². The van der Waals surface area contributed by atoms with Crippen LogP contribution in [0.4, 0.5) is 0 Å². The van der Waals surface area contributed by atoms with Crippen molar-refractivity contribution >= 4 is 0 Å². The van der Waals surface area contributed by atoms with Gasteiger partial charge in [-0.25, -0.2) is 0 Å². The van der Waals surface area contributed by atoms with Crippen molar-refractivity contribution in [1.29, 1.82) is 0 Å². The summed E-state index contributed by atoms with van der Waals surface area (Å²) < 4.78 is 5.07. The fourth-order valence-electron chi connectivity index (χ4n) is 1.41. The number of rotatable bonds is 3. The summed E-state index contributed by atoms with van der Waals surface area (Å²) in [6, 6.07) is 7.95. The smallest absolute Gasteiger partial charge is 0.228 e. The zero-order valence-corrected chi connectivity index (χ0v) is 8.60. The molecule has 0 saturated heterocycles. The maximum absolute atomic E-state index is 5.41. The van der Waals surface area contributed by atoms with Crippen LogP contribution in [0.5, 0.6) is 0 Å². The van der Waals surface area contributed by atoms with E-state index < -0.39 is 0 Å². The van der Waals surface area contributed by atoms with Crippen molar-refractivity contribution in [2.75, 3.05) is 6.54 Å². The van der Waals surface area contributed by atoms with Gasteiger partial charge in [0.05, 0.1) is 0 Å². The van der Waals surface area contributed by atoms with Crippen LogP contribution in [-0.2, 0) is 6.42 Å². The van der Waals surface area contributed by atoms with Crippen molar-refractivity contribution in [3.8, 4) is 11.4 Å². The Balaban J connectivity index is 2.33. The van der Waals surface area contributed by atoms with E-state index in [1.807, 2.05) is 31.2 Å². The summed E-state index contributed by atoms with van der Waals surface area (Å²) in [6.45, 7) is 2.55. The van der Waals surface area contributed by atoms with Crippen LogP contribution in [0.3, 0.4) is 0 Å². The highest BCUT2D eigenvalue weighted by Gasteiger charge is 2.09. The molecule has 0 unspecified atom stereocenters. The Hall–Kier alpha value is -1.68. The molecule has 0 spiro atoms. The summed E-state index contributed by atoms with van der Waals surface area (Å²) in [4.78, 5) is 4.27. The van der Waals surface area contributed by atoms with Gasteiger partial charge in [-0.05, 0) is 12.5 Å². The van der Waals surface area contributed by atoms with Gasteiger partial charge in [0.2, 0.25) is 11.7 Å². The lowest BCUT2D eigenvalue weighted by Gasteiger charge is -1.97. The van der Waals surface area contributed by atoms with Crippen molar-refractivity contribution in [2.45, 2.75) is 13.3 Å². The molecule has 0 aliphatic heterocycles. The Kier molecular flexibility index (Phi) is 2.78. The quantitative estimate of drug-likeness (QED) is 0.821. The molecule has 2 aromatic rings. The summed E-state index contributed by atoms with van der Waals surface area (Å²) in [5, 5.41) is 3.92. The summed E-state index contributed by atoms with van der Waals surface area (Å²) in [7, 11) is 0. The largest absolute Gasteiger partial charge is 0.339 e. The van der Waals surface area contributed by atoms with Gasteiger partial charge in [0, 0.05) is 18.5 Å². The van der Waals surface area contributed by atoms with Crippen LogP contribution in [0.25, 0.3) is 11.4 Å².